The van der Waals surface area contributed by atoms with Gasteiger partial charge in [-0.15, -0.1) is 0 Å². The van der Waals surface area contributed by atoms with Gasteiger partial charge in [-0.05, 0) is 65.0 Å². The van der Waals surface area contributed by atoms with Crippen LogP contribution in [-0.2, 0) is 0 Å². The zero-order valence-corrected chi connectivity index (χ0v) is 16.5. The first-order valence-electron chi connectivity index (χ1n) is 7.56. The summed E-state index contributed by atoms with van der Waals surface area (Å²) in [6, 6.07) is 14.9. The van der Waals surface area contributed by atoms with Crippen molar-refractivity contribution >= 4 is 51.5 Å². The Morgan fingerprint density at radius 2 is 1.83 bits per heavy atom. The topological polar surface area (TPSA) is 50.4 Å². The third-order valence-electron chi connectivity index (χ3n) is 3.05. The van der Waals surface area contributed by atoms with Gasteiger partial charge in [0.15, 0.2) is 5.11 Å². The summed E-state index contributed by atoms with van der Waals surface area (Å²) in [5, 5.41) is 5.96. The van der Waals surface area contributed by atoms with Crippen molar-refractivity contribution in [3.05, 3.63) is 57.7 Å². The lowest BCUT2D eigenvalue weighted by atomic mass is 10.2. The van der Waals surface area contributed by atoms with Gasteiger partial charge >= 0.3 is 0 Å². The van der Waals surface area contributed by atoms with Crippen LogP contribution >= 0.6 is 34.8 Å². The Bertz CT molecular complexity index is 734. The molecule has 0 aliphatic heterocycles. The lowest BCUT2D eigenvalue weighted by Gasteiger charge is -2.15. The quantitative estimate of drug-likeness (QED) is 0.518. The van der Waals surface area contributed by atoms with Gasteiger partial charge in [-0.1, -0.05) is 38.1 Å². The number of benzene rings is 2. The molecular weight excluding hydrogens is 435 g/mol. The van der Waals surface area contributed by atoms with Crippen molar-refractivity contribution in [2.45, 2.75) is 13.8 Å². The number of amides is 1. The van der Waals surface area contributed by atoms with E-state index in [4.69, 9.17) is 17.0 Å². The summed E-state index contributed by atoms with van der Waals surface area (Å²) < 4.78 is 6.64. The molecule has 2 rings (SSSR count). The molecule has 0 saturated carbocycles. The predicted octanol–water partition coefficient (Wildman–Crippen LogP) is 4.45. The van der Waals surface area contributed by atoms with E-state index in [2.05, 4.69) is 47.1 Å². The Labute approximate surface area is 161 Å². The number of carbonyl (C=O) groups excluding carboxylic acids is 1. The summed E-state index contributed by atoms with van der Waals surface area (Å²) >= 11 is 7.37. The van der Waals surface area contributed by atoms with E-state index in [0.29, 0.717) is 23.8 Å². The number of carbonyl (C=O) groups is 1. The van der Waals surface area contributed by atoms with Crippen LogP contribution in [0.15, 0.2) is 48.5 Å². The van der Waals surface area contributed by atoms with E-state index >= 15 is 0 Å². The molecule has 0 fully saturated rings. The molecule has 126 valence electrons. The van der Waals surface area contributed by atoms with Crippen molar-refractivity contribution in [1.29, 1.82) is 0 Å². The van der Waals surface area contributed by atoms with Gasteiger partial charge in [0.1, 0.15) is 5.75 Å². The number of halogens is 1. The predicted molar refractivity (Wildman–Crippen MR) is 110 cm³/mol. The first-order chi connectivity index (χ1) is 11.5. The Kier molecular flexibility index (Phi) is 6.99. The molecule has 0 heterocycles. The monoisotopic (exact) mass is 454 g/mol. The van der Waals surface area contributed by atoms with E-state index in [1.165, 1.54) is 0 Å². The van der Waals surface area contributed by atoms with Crippen LogP contribution < -0.4 is 15.4 Å². The average molecular weight is 454 g/mol. The molecule has 2 aromatic rings. The van der Waals surface area contributed by atoms with Crippen molar-refractivity contribution in [2.24, 2.45) is 5.92 Å². The molecule has 6 heteroatoms. The second-order valence-corrected chi connectivity index (χ2v) is 7.16. The summed E-state index contributed by atoms with van der Waals surface area (Å²) in [7, 11) is 0. The fraction of sp³-hybridized carbons (Fsp3) is 0.222. The number of thiocarbonyl (C=S) groups is 1. The molecule has 0 saturated heterocycles. The van der Waals surface area contributed by atoms with Gasteiger partial charge in [0.2, 0.25) is 0 Å². The molecule has 0 aromatic heterocycles. The smallest absolute Gasteiger partial charge is 0.258 e. The maximum absolute atomic E-state index is 12.3. The van der Waals surface area contributed by atoms with Crippen molar-refractivity contribution in [3.63, 3.8) is 0 Å². The number of nitrogens with one attached hydrogen (secondary N) is 2. The summed E-state index contributed by atoms with van der Waals surface area (Å²) in [6.07, 6.45) is 0. The van der Waals surface area contributed by atoms with Gasteiger partial charge in [-0.3, -0.25) is 10.1 Å². The fourth-order valence-corrected chi connectivity index (χ4v) is 2.76. The van der Waals surface area contributed by atoms with Crippen molar-refractivity contribution in [2.75, 3.05) is 11.9 Å². The van der Waals surface area contributed by atoms with E-state index in [-0.39, 0.29) is 11.0 Å². The van der Waals surface area contributed by atoms with Crippen LogP contribution in [0.25, 0.3) is 0 Å². The highest BCUT2D eigenvalue weighted by atomic mass is 127. The van der Waals surface area contributed by atoms with Gasteiger partial charge in [0, 0.05) is 3.57 Å². The van der Waals surface area contributed by atoms with Crippen LogP contribution in [-0.4, -0.2) is 17.6 Å². The summed E-state index contributed by atoms with van der Waals surface area (Å²) in [5.41, 5.74) is 1.32. The molecule has 0 bridgehead atoms. The number of rotatable bonds is 5. The summed E-state index contributed by atoms with van der Waals surface area (Å²) in [6.45, 7) is 4.78. The van der Waals surface area contributed by atoms with Crippen LogP contribution in [0.2, 0.25) is 0 Å². The second kappa shape index (κ2) is 8.98. The number of para-hydroxylation sites is 2. The van der Waals surface area contributed by atoms with E-state index in [1.54, 1.807) is 6.07 Å². The van der Waals surface area contributed by atoms with E-state index in [0.717, 1.165) is 9.26 Å². The third kappa shape index (κ3) is 5.45. The Morgan fingerprint density at radius 1 is 1.17 bits per heavy atom. The molecular formula is C18H19IN2O2S. The van der Waals surface area contributed by atoms with E-state index in [9.17, 15) is 4.79 Å². The minimum Gasteiger partial charge on any atom is -0.491 e. The Hall–Kier alpha value is -1.67. The maximum Gasteiger partial charge on any atom is 0.258 e. The molecule has 24 heavy (non-hydrogen) atoms. The zero-order chi connectivity index (χ0) is 17.5. The maximum atomic E-state index is 12.3. The standard InChI is InChI=1S/C18H19IN2O2S/c1-12(2)11-23-16-10-6-5-9-15(16)20-18(24)21-17(22)13-7-3-4-8-14(13)19/h3-10,12H,11H2,1-2H3,(H2,20,21,22,24). The van der Waals surface area contributed by atoms with Crippen LogP contribution in [0.5, 0.6) is 5.75 Å². The van der Waals surface area contributed by atoms with Crippen LogP contribution in [0, 0.1) is 9.49 Å². The van der Waals surface area contributed by atoms with Gasteiger partial charge in [0.05, 0.1) is 17.9 Å². The SMILES string of the molecule is CC(C)COc1ccccc1NC(=S)NC(=O)c1ccccc1I. The molecule has 0 spiro atoms. The molecule has 0 atom stereocenters. The molecule has 2 N–H and O–H groups in total. The van der Waals surface area contributed by atoms with Gasteiger partial charge in [0.25, 0.3) is 5.91 Å². The summed E-state index contributed by atoms with van der Waals surface area (Å²) in [4.78, 5) is 12.3. The average Bonchev–Trinajstić information content (AvgIpc) is 2.54. The molecule has 0 unspecified atom stereocenters. The number of anilines is 1. The highest BCUT2D eigenvalue weighted by Gasteiger charge is 2.12. The van der Waals surface area contributed by atoms with Crippen LogP contribution in [0.4, 0.5) is 5.69 Å². The second-order valence-electron chi connectivity index (χ2n) is 5.59. The zero-order valence-electron chi connectivity index (χ0n) is 13.5. The lowest BCUT2D eigenvalue weighted by Crippen LogP contribution is -2.34. The third-order valence-corrected chi connectivity index (χ3v) is 4.20. The van der Waals surface area contributed by atoms with E-state index < -0.39 is 0 Å². The fourth-order valence-electron chi connectivity index (χ4n) is 1.92. The minimum absolute atomic E-state index is 0.236. The first kappa shape index (κ1) is 18.7. The molecule has 2 aromatic carbocycles. The normalized spacial score (nSPS) is 10.3. The van der Waals surface area contributed by atoms with Crippen LogP contribution in [0.1, 0.15) is 24.2 Å². The lowest BCUT2D eigenvalue weighted by molar-refractivity contribution is 0.0977. The minimum atomic E-state index is -0.238. The van der Waals surface area contributed by atoms with Crippen molar-refractivity contribution in [1.82, 2.24) is 5.32 Å². The van der Waals surface area contributed by atoms with Crippen LogP contribution in [0.3, 0.4) is 0 Å². The largest absolute Gasteiger partial charge is 0.491 e. The van der Waals surface area contributed by atoms with E-state index in [1.807, 2.05) is 42.5 Å². The molecule has 0 aliphatic rings. The van der Waals surface area contributed by atoms with Gasteiger partial charge < -0.3 is 10.1 Å². The van der Waals surface area contributed by atoms with Crippen molar-refractivity contribution in [3.8, 4) is 5.75 Å². The van der Waals surface area contributed by atoms with Gasteiger partial charge in [-0.25, -0.2) is 0 Å². The molecule has 4 nitrogen and oxygen atoms in total. The highest BCUT2D eigenvalue weighted by molar-refractivity contribution is 14.1. The Morgan fingerprint density at radius 3 is 2.54 bits per heavy atom. The molecule has 0 radical (unpaired) electrons. The van der Waals surface area contributed by atoms with Gasteiger partial charge in [-0.2, -0.15) is 0 Å². The number of hydrogen-bond donors (Lipinski definition) is 2. The highest BCUT2D eigenvalue weighted by Crippen LogP contribution is 2.24. The number of ether oxygens (including phenoxy) is 1. The Balaban J connectivity index is 2.02. The number of hydrogen-bond acceptors (Lipinski definition) is 3. The molecule has 1 amide bonds. The first-order valence-corrected chi connectivity index (χ1v) is 9.04. The summed E-state index contributed by atoms with van der Waals surface area (Å²) in [5.74, 6) is 0.889. The molecule has 0 aliphatic carbocycles. The van der Waals surface area contributed by atoms with Crippen molar-refractivity contribution < 1.29 is 9.53 Å².